The molecule has 0 bridgehead atoms. The van der Waals surface area contributed by atoms with E-state index in [9.17, 15) is 0 Å². The quantitative estimate of drug-likeness (QED) is 0.608. The highest BCUT2D eigenvalue weighted by atomic mass is 16.5. The second-order valence-electron chi connectivity index (χ2n) is 7.52. The van der Waals surface area contributed by atoms with Crippen molar-refractivity contribution >= 4 is 5.69 Å². The third-order valence-corrected chi connectivity index (χ3v) is 5.33. The molecule has 0 amide bonds. The minimum Gasteiger partial charge on any atom is -0.490 e. The second kappa shape index (κ2) is 9.11. The zero-order valence-corrected chi connectivity index (χ0v) is 17.1. The van der Waals surface area contributed by atoms with Gasteiger partial charge in [0.25, 0.3) is 0 Å². The number of nitrogens with zero attached hydrogens (tertiary/aromatic N) is 5. The number of likely N-dealkylation sites (N-methyl/N-ethyl adjacent to an activating group) is 1. The number of aromatic nitrogens is 4. The molecule has 0 aliphatic carbocycles. The topological polar surface area (TPSA) is 74.2 Å². The van der Waals surface area contributed by atoms with Crippen LogP contribution < -0.4 is 10.1 Å². The average Bonchev–Trinajstić information content (AvgIpc) is 3.37. The van der Waals surface area contributed by atoms with E-state index in [1.54, 1.807) is 4.68 Å². The van der Waals surface area contributed by atoms with Crippen LogP contribution in [0.15, 0.2) is 42.9 Å². The molecule has 1 aliphatic rings. The Kier molecular flexibility index (Phi) is 6.12. The van der Waals surface area contributed by atoms with Crippen molar-refractivity contribution in [3.8, 4) is 17.0 Å². The van der Waals surface area contributed by atoms with Crippen molar-refractivity contribution in [3.05, 3.63) is 48.4 Å². The molecule has 4 rings (SSSR count). The van der Waals surface area contributed by atoms with Crippen molar-refractivity contribution < 1.29 is 4.74 Å². The van der Waals surface area contributed by atoms with Crippen molar-refractivity contribution in [3.63, 3.8) is 0 Å². The molecule has 3 heterocycles. The van der Waals surface area contributed by atoms with E-state index >= 15 is 0 Å². The Bertz CT molecular complexity index is 911. The molecule has 29 heavy (non-hydrogen) atoms. The first-order valence-electron chi connectivity index (χ1n) is 10.1. The molecule has 0 spiro atoms. The Morgan fingerprint density at radius 1 is 1.10 bits per heavy atom. The maximum absolute atomic E-state index is 6.10. The standard InChI is InChI=1S/C21H29N7O/c1-26-7-9-28(10-8-26)11-12-29-20-6-4-3-5-19(20)22-13-17-14-23-25-21(17)18-15-24-27(2)16-18/h3-6,14-16,22H,7-13H2,1-2H3,(H,23,25). The summed E-state index contributed by atoms with van der Waals surface area (Å²) in [6, 6.07) is 8.10. The lowest BCUT2D eigenvalue weighted by atomic mass is 10.1. The summed E-state index contributed by atoms with van der Waals surface area (Å²) in [5, 5.41) is 15.0. The Morgan fingerprint density at radius 2 is 1.93 bits per heavy atom. The van der Waals surface area contributed by atoms with E-state index in [2.05, 4.69) is 43.5 Å². The van der Waals surface area contributed by atoms with Crippen LogP contribution >= 0.6 is 0 Å². The molecule has 8 heteroatoms. The number of piperazine rings is 1. The van der Waals surface area contributed by atoms with Gasteiger partial charge in [0.2, 0.25) is 0 Å². The number of aromatic amines is 1. The first-order valence-corrected chi connectivity index (χ1v) is 10.1. The molecular formula is C21H29N7O. The van der Waals surface area contributed by atoms with Gasteiger partial charge in [-0.05, 0) is 19.2 Å². The van der Waals surface area contributed by atoms with Gasteiger partial charge in [0.1, 0.15) is 12.4 Å². The summed E-state index contributed by atoms with van der Waals surface area (Å²) in [6.45, 7) is 6.77. The summed E-state index contributed by atoms with van der Waals surface area (Å²) in [6.07, 6.45) is 5.67. The molecule has 0 atom stereocenters. The number of para-hydroxylation sites is 2. The molecule has 0 radical (unpaired) electrons. The Morgan fingerprint density at radius 3 is 2.72 bits per heavy atom. The van der Waals surface area contributed by atoms with Crippen LogP contribution in [0.25, 0.3) is 11.3 Å². The van der Waals surface area contributed by atoms with Gasteiger partial charge in [-0.2, -0.15) is 10.2 Å². The van der Waals surface area contributed by atoms with E-state index in [1.165, 1.54) is 0 Å². The predicted octanol–water partition coefficient (Wildman–Crippen LogP) is 2.05. The van der Waals surface area contributed by atoms with Crippen LogP contribution in [-0.4, -0.2) is 76.2 Å². The number of anilines is 1. The summed E-state index contributed by atoms with van der Waals surface area (Å²) in [5.41, 5.74) is 4.09. The average molecular weight is 396 g/mol. The fourth-order valence-corrected chi connectivity index (χ4v) is 3.53. The SMILES string of the molecule is CN1CCN(CCOc2ccccc2NCc2cn[nH]c2-c2cnn(C)c2)CC1. The highest BCUT2D eigenvalue weighted by Crippen LogP contribution is 2.26. The van der Waals surface area contributed by atoms with E-state index in [4.69, 9.17) is 4.74 Å². The number of ether oxygens (including phenoxy) is 1. The fraction of sp³-hybridized carbons (Fsp3) is 0.429. The van der Waals surface area contributed by atoms with Gasteiger partial charge in [-0.3, -0.25) is 14.7 Å². The van der Waals surface area contributed by atoms with E-state index in [1.807, 2.05) is 43.8 Å². The third kappa shape index (κ3) is 4.96. The molecule has 154 valence electrons. The lowest BCUT2D eigenvalue weighted by Gasteiger charge is -2.32. The van der Waals surface area contributed by atoms with Crippen LogP contribution in [0.5, 0.6) is 5.75 Å². The smallest absolute Gasteiger partial charge is 0.142 e. The molecule has 1 fully saturated rings. The number of H-pyrrole nitrogens is 1. The zero-order valence-electron chi connectivity index (χ0n) is 17.1. The summed E-state index contributed by atoms with van der Waals surface area (Å²) in [5.74, 6) is 0.882. The van der Waals surface area contributed by atoms with E-state index in [0.717, 1.165) is 61.0 Å². The van der Waals surface area contributed by atoms with E-state index in [0.29, 0.717) is 13.2 Å². The van der Waals surface area contributed by atoms with Crippen LogP contribution in [0.1, 0.15) is 5.56 Å². The molecule has 1 aromatic carbocycles. The highest BCUT2D eigenvalue weighted by Gasteiger charge is 2.14. The van der Waals surface area contributed by atoms with Crippen molar-refractivity contribution in [1.82, 2.24) is 29.8 Å². The maximum Gasteiger partial charge on any atom is 0.142 e. The summed E-state index contributed by atoms with van der Waals surface area (Å²) in [7, 11) is 4.09. The van der Waals surface area contributed by atoms with Crippen molar-refractivity contribution in [2.24, 2.45) is 7.05 Å². The van der Waals surface area contributed by atoms with Gasteiger partial charge in [-0.15, -0.1) is 0 Å². The van der Waals surface area contributed by atoms with Crippen molar-refractivity contribution in [2.75, 3.05) is 51.7 Å². The monoisotopic (exact) mass is 395 g/mol. The van der Waals surface area contributed by atoms with Crippen molar-refractivity contribution in [2.45, 2.75) is 6.54 Å². The second-order valence-corrected chi connectivity index (χ2v) is 7.52. The zero-order chi connectivity index (χ0) is 20.1. The molecular weight excluding hydrogens is 366 g/mol. The van der Waals surface area contributed by atoms with Crippen LogP contribution in [0.3, 0.4) is 0 Å². The van der Waals surface area contributed by atoms with Gasteiger partial charge in [-0.25, -0.2) is 0 Å². The van der Waals surface area contributed by atoms with Gasteiger partial charge in [0.15, 0.2) is 0 Å². The molecule has 1 saturated heterocycles. The first kappa shape index (κ1) is 19.5. The normalized spacial score (nSPS) is 15.5. The van der Waals surface area contributed by atoms with E-state index in [-0.39, 0.29) is 0 Å². The first-order chi connectivity index (χ1) is 14.2. The molecule has 0 unspecified atom stereocenters. The van der Waals surface area contributed by atoms with Crippen LogP contribution in [0.2, 0.25) is 0 Å². The van der Waals surface area contributed by atoms with Gasteiger partial charge >= 0.3 is 0 Å². The lowest BCUT2D eigenvalue weighted by molar-refractivity contribution is 0.134. The molecule has 0 saturated carbocycles. The summed E-state index contributed by atoms with van der Waals surface area (Å²) >= 11 is 0. The molecule has 3 aromatic rings. The molecule has 2 aromatic heterocycles. The third-order valence-electron chi connectivity index (χ3n) is 5.33. The van der Waals surface area contributed by atoms with Crippen LogP contribution in [-0.2, 0) is 13.6 Å². The molecule has 8 nitrogen and oxygen atoms in total. The molecule has 1 aliphatic heterocycles. The maximum atomic E-state index is 6.10. The lowest BCUT2D eigenvalue weighted by Crippen LogP contribution is -2.45. The number of aryl methyl sites for hydroxylation is 1. The van der Waals surface area contributed by atoms with Crippen LogP contribution in [0.4, 0.5) is 5.69 Å². The Hall–Kier alpha value is -2.84. The van der Waals surface area contributed by atoms with E-state index < -0.39 is 0 Å². The summed E-state index contributed by atoms with van der Waals surface area (Å²) in [4.78, 5) is 4.83. The largest absolute Gasteiger partial charge is 0.490 e. The minimum absolute atomic E-state index is 0.652. The predicted molar refractivity (Wildman–Crippen MR) is 114 cm³/mol. The number of hydrogen-bond donors (Lipinski definition) is 2. The summed E-state index contributed by atoms with van der Waals surface area (Å²) < 4.78 is 7.89. The van der Waals surface area contributed by atoms with Gasteiger partial charge < -0.3 is 15.0 Å². The molecule has 2 N–H and O–H groups in total. The Balaban J connectivity index is 1.34. The highest BCUT2D eigenvalue weighted by molar-refractivity contribution is 5.62. The minimum atomic E-state index is 0.652. The fourth-order valence-electron chi connectivity index (χ4n) is 3.53. The van der Waals surface area contributed by atoms with Crippen LogP contribution in [0, 0.1) is 0 Å². The van der Waals surface area contributed by atoms with Gasteiger partial charge in [0.05, 0.1) is 23.8 Å². The number of nitrogens with one attached hydrogen (secondary N) is 2. The number of rotatable bonds is 8. The van der Waals surface area contributed by atoms with Gasteiger partial charge in [0, 0.05) is 63.6 Å². The Labute approximate surface area is 171 Å². The number of hydrogen-bond acceptors (Lipinski definition) is 6. The van der Waals surface area contributed by atoms with Crippen molar-refractivity contribution in [1.29, 1.82) is 0 Å². The van der Waals surface area contributed by atoms with Gasteiger partial charge in [-0.1, -0.05) is 12.1 Å². The number of benzene rings is 1.